The first kappa shape index (κ1) is 15.0. The molecular weight excluding hydrogens is 260 g/mol. The molecule has 0 aromatic carbocycles. The Morgan fingerprint density at radius 1 is 1.33 bits per heavy atom. The molecule has 1 spiro atoms. The van der Waals surface area contributed by atoms with Crippen molar-refractivity contribution >= 4 is 0 Å². The molecule has 1 atom stereocenters. The van der Waals surface area contributed by atoms with Crippen molar-refractivity contribution in [3.63, 3.8) is 0 Å². The maximum Gasteiger partial charge on any atom is 0.0764 e. The van der Waals surface area contributed by atoms with Gasteiger partial charge in [0.05, 0.1) is 5.69 Å². The molecule has 1 unspecified atom stereocenters. The van der Waals surface area contributed by atoms with Crippen molar-refractivity contribution in [1.82, 2.24) is 20.0 Å². The third-order valence-electron chi connectivity index (χ3n) is 5.36. The molecular formula is C17H30N4. The molecule has 1 aliphatic carbocycles. The van der Waals surface area contributed by atoms with Gasteiger partial charge in [-0.25, -0.2) is 0 Å². The highest BCUT2D eigenvalue weighted by Crippen LogP contribution is 2.30. The fourth-order valence-electron chi connectivity index (χ4n) is 3.86. The molecule has 0 amide bonds. The third kappa shape index (κ3) is 3.49. The normalized spacial score (nSPS) is 24.3. The molecule has 1 aliphatic heterocycles. The zero-order valence-corrected chi connectivity index (χ0v) is 13.6. The number of hydrogen-bond donors (Lipinski definition) is 1. The van der Waals surface area contributed by atoms with E-state index in [0.717, 1.165) is 26.1 Å². The predicted molar refractivity (Wildman–Crippen MR) is 86.3 cm³/mol. The second kappa shape index (κ2) is 6.49. The van der Waals surface area contributed by atoms with Gasteiger partial charge in [0.15, 0.2) is 0 Å². The second-order valence-electron chi connectivity index (χ2n) is 7.02. The average molecular weight is 290 g/mol. The molecule has 2 heterocycles. The van der Waals surface area contributed by atoms with Gasteiger partial charge in [0.1, 0.15) is 0 Å². The molecule has 0 bridgehead atoms. The SMILES string of the molecule is CCC(C)n1ccc(CN2CCNC3(CCCCC3)C2)n1. The highest BCUT2D eigenvalue weighted by molar-refractivity contribution is 5.03. The summed E-state index contributed by atoms with van der Waals surface area (Å²) in [5.41, 5.74) is 1.62. The Balaban J connectivity index is 1.60. The van der Waals surface area contributed by atoms with Gasteiger partial charge in [0.2, 0.25) is 0 Å². The van der Waals surface area contributed by atoms with Gasteiger partial charge in [-0.1, -0.05) is 26.2 Å². The molecule has 118 valence electrons. The van der Waals surface area contributed by atoms with Gasteiger partial charge in [0.25, 0.3) is 0 Å². The van der Waals surface area contributed by atoms with E-state index in [1.807, 2.05) is 0 Å². The first-order chi connectivity index (χ1) is 10.2. The summed E-state index contributed by atoms with van der Waals surface area (Å²) in [5, 5.41) is 8.58. The van der Waals surface area contributed by atoms with E-state index in [0.29, 0.717) is 11.6 Å². The fourth-order valence-corrected chi connectivity index (χ4v) is 3.86. The largest absolute Gasteiger partial charge is 0.309 e. The molecule has 2 aliphatic rings. The summed E-state index contributed by atoms with van der Waals surface area (Å²) in [6.07, 6.45) is 10.2. The topological polar surface area (TPSA) is 33.1 Å². The minimum Gasteiger partial charge on any atom is -0.309 e. The van der Waals surface area contributed by atoms with Crippen molar-refractivity contribution in [3.8, 4) is 0 Å². The Bertz CT molecular complexity index is 442. The van der Waals surface area contributed by atoms with E-state index in [-0.39, 0.29) is 0 Å². The van der Waals surface area contributed by atoms with E-state index in [4.69, 9.17) is 5.10 Å². The van der Waals surface area contributed by atoms with E-state index >= 15 is 0 Å². The number of piperazine rings is 1. The van der Waals surface area contributed by atoms with Crippen molar-refractivity contribution in [2.45, 2.75) is 70.5 Å². The van der Waals surface area contributed by atoms with Crippen molar-refractivity contribution in [2.24, 2.45) is 0 Å². The maximum atomic E-state index is 4.76. The van der Waals surface area contributed by atoms with Gasteiger partial charge in [-0.2, -0.15) is 5.10 Å². The van der Waals surface area contributed by atoms with Crippen molar-refractivity contribution < 1.29 is 0 Å². The molecule has 1 saturated carbocycles. The summed E-state index contributed by atoms with van der Waals surface area (Å²) in [6.45, 7) is 8.94. The lowest BCUT2D eigenvalue weighted by Crippen LogP contribution is -2.60. The van der Waals surface area contributed by atoms with E-state index in [2.05, 4.69) is 41.0 Å². The van der Waals surface area contributed by atoms with Gasteiger partial charge in [-0.05, 0) is 32.3 Å². The molecule has 1 N–H and O–H groups in total. The number of aromatic nitrogens is 2. The van der Waals surface area contributed by atoms with Crippen molar-refractivity contribution in [1.29, 1.82) is 0 Å². The van der Waals surface area contributed by atoms with Crippen LogP contribution >= 0.6 is 0 Å². The fraction of sp³-hybridized carbons (Fsp3) is 0.824. The quantitative estimate of drug-likeness (QED) is 0.925. The van der Waals surface area contributed by atoms with Crippen LogP contribution in [-0.2, 0) is 6.54 Å². The standard InChI is InChI=1S/C17H30N4/c1-3-15(2)21-11-7-16(19-21)13-20-12-10-18-17(14-20)8-5-4-6-9-17/h7,11,15,18H,3-6,8-10,12-14H2,1-2H3. The molecule has 21 heavy (non-hydrogen) atoms. The van der Waals surface area contributed by atoms with Crippen LogP contribution < -0.4 is 5.32 Å². The summed E-state index contributed by atoms with van der Waals surface area (Å²) in [4.78, 5) is 2.60. The Morgan fingerprint density at radius 2 is 2.14 bits per heavy atom. The smallest absolute Gasteiger partial charge is 0.0764 e. The van der Waals surface area contributed by atoms with E-state index in [9.17, 15) is 0 Å². The van der Waals surface area contributed by atoms with Crippen LogP contribution in [0.15, 0.2) is 12.3 Å². The van der Waals surface area contributed by atoms with Crippen molar-refractivity contribution in [2.75, 3.05) is 19.6 Å². The lowest BCUT2D eigenvalue weighted by Gasteiger charge is -2.46. The Kier molecular flexibility index (Phi) is 4.65. The summed E-state index contributed by atoms with van der Waals surface area (Å²) in [5.74, 6) is 0. The van der Waals surface area contributed by atoms with E-state index in [1.54, 1.807) is 0 Å². The number of rotatable bonds is 4. The van der Waals surface area contributed by atoms with Crippen LogP contribution in [0.1, 0.15) is 64.1 Å². The zero-order chi connectivity index (χ0) is 14.7. The highest BCUT2D eigenvalue weighted by atomic mass is 15.3. The van der Waals surface area contributed by atoms with Gasteiger partial charge in [0, 0.05) is 44.0 Å². The summed E-state index contributed by atoms with van der Waals surface area (Å²) >= 11 is 0. The lowest BCUT2D eigenvalue weighted by molar-refractivity contribution is 0.0934. The molecule has 1 aromatic rings. The monoisotopic (exact) mass is 290 g/mol. The number of hydrogen-bond acceptors (Lipinski definition) is 3. The van der Waals surface area contributed by atoms with Crippen molar-refractivity contribution in [3.05, 3.63) is 18.0 Å². The van der Waals surface area contributed by atoms with Crippen LogP contribution in [0.5, 0.6) is 0 Å². The van der Waals surface area contributed by atoms with Crippen LogP contribution in [0.25, 0.3) is 0 Å². The van der Waals surface area contributed by atoms with Gasteiger partial charge < -0.3 is 5.32 Å². The average Bonchev–Trinajstić information content (AvgIpc) is 2.96. The molecule has 4 heteroatoms. The minimum absolute atomic E-state index is 0.399. The Morgan fingerprint density at radius 3 is 2.90 bits per heavy atom. The summed E-state index contributed by atoms with van der Waals surface area (Å²) in [7, 11) is 0. The number of nitrogens with zero attached hydrogens (tertiary/aromatic N) is 3. The van der Waals surface area contributed by atoms with Gasteiger partial charge >= 0.3 is 0 Å². The predicted octanol–water partition coefficient (Wildman–Crippen LogP) is 2.96. The van der Waals surface area contributed by atoms with E-state index in [1.165, 1.54) is 44.3 Å². The van der Waals surface area contributed by atoms with E-state index < -0.39 is 0 Å². The molecule has 1 saturated heterocycles. The Hall–Kier alpha value is -0.870. The molecule has 2 fully saturated rings. The van der Waals surface area contributed by atoms with Crippen LogP contribution in [0.4, 0.5) is 0 Å². The lowest BCUT2D eigenvalue weighted by atomic mass is 9.80. The van der Waals surface area contributed by atoms with Gasteiger partial charge in [-0.3, -0.25) is 9.58 Å². The molecule has 3 rings (SSSR count). The van der Waals surface area contributed by atoms with Crippen LogP contribution in [0.2, 0.25) is 0 Å². The van der Waals surface area contributed by atoms with Crippen LogP contribution in [0.3, 0.4) is 0 Å². The molecule has 0 radical (unpaired) electrons. The van der Waals surface area contributed by atoms with Gasteiger partial charge in [-0.15, -0.1) is 0 Å². The zero-order valence-electron chi connectivity index (χ0n) is 13.6. The first-order valence-corrected chi connectivity index (χ1v) is 8.72. The number of nitrogens with one attached hydrogen (secondary N) is 1. The maximum absolute atomic E-state index is 4.76. The van der Waals surface area contributed by atoms with Crippen LogP contribution in [-0.4, -0.2) is 39.9 Å². The second-order valence-corrected chi connectivity index (χ2v) is 7.02. The summed E-state index contributed by atoms with van der Waals surface area (Å²) in [6, 6.07) is 2.70. The van der Waals surface area contributed by atoms with Crippen LogP contribution in [0, 0.1) is 0 Å². The minimum atomic E-state index is 0.399. The first-order valence-electron chi connectivity index (χ1n) is 8.72. The molecule has 4 nitrogen and oxygen atoms in total. The Labute approximate surface area is 128 Å². The molecule has 1 aromatic heterocycles. The summed E-state index contributed by atoms with van der Waals surface area (Å²) < 4.78 is 2.12. The third-order valence-corrected chi connectivity index (χ3v) is 5.36. The highest BCUT2D eigenvalue weighted by Gasteiger charge is 2.36.